The minimum Gasteiger partial charge on any atom is -0.265 e. The Morgan fingerprint density at radius 1 is 0.438 bits per heavy atom. The van der Waals surface area contributed by atoms with E-state index < -0.39 is 0 Å². The molecule has 150 valence electrons. The molecule has 0 aliphatic rings. The number of hydrogen-bond donors (Lipinski definition) is 0. The van der Waals surface area contributed by atoms with Crippen LogP contribution in [0.3, 0.4) is 0 Å². The van der Waals surface area contributed by atoms with E-state index in [9.17, 15) is 0 Å². The van der Waals surface area contributed by atoms with Gasteiger partial charge in [-0.05, 0) is 56.9 Å². The van der Waals surface area contributed by atoms with Crippen molar-refractivity contribution in [3.05, 3.63) is 122 Å². The number of hydrogen-bond acceptors (Lipinski definition) is 2. The molecule has 0 spiro atoms. The van der Waals surface area contributed by atoms with Crippen molar-refractivity contribution < 1.29 is 0 Å². The first kappa shape index (κ1) is 18.5. The predicted molar refractivity (Wildman–Crippen MR) is 133 cm³/mol. The highest BCUT2D eigenvalue weighted by Gasteiger charge is 2.12. The van der Waals surface area contributed by atoms with Gasteiger partial charge in [0.25, 0.3) is 0 Å². The molecule has 2 heterocycles. The fourth-order valence-corrected chi connectivity index (χ4v) is 4.42. The van der Waals surface area contributed by atoms with Crippen molar-refractivity contribution in [1.29, 1.82) is 0 Å². The van der Waals surface area contributed by atoms with Crippen LogP contribution in [0, 0.1) is 0 Å². The third kappa shape index (κ3) is 3.23. The number of fused-ring (bicyclic) bond motifs is 2. The van der Waals surface area contributed by atoms with E-state index in [0.717, 1.165) is 33.6 Å². The number of nitrogens with zero attached hydrogens (tertiary/aromatic N) is 2. The van der Waals surface area contributed by atoms with E-state index in [0.29, 0.717) is 0 Å². The molecule has 0 unspecified atom stereocenters. The maximum absolute atomic E-state index is 5.18. The lowest BCUT2D eigenvalue weighted by molar-refractivity contribution is 1.31. The molecular weight excluding hydrogens is 388 g/mol. The van der Waals surface area contributed by atoms with Crippen LogP contribution in [-0.2, 0) is 0 Å². The highest BCUT2D eigenvalue weighted by atomic mass is 14.7. The molecule has 4 aromatic carbocycles. The Morgan fingerprint density at radius 3 is 1.50 bits per heavy atom. The van der Waals surface area contributed by atoms with Gasteiger partial charge in [-0.3, -0.25) is 4.98 Å². The molecule has 0 amide bonds. The van der Waals surface area contributed by atoms with Crippen molar-refractivity contribution >= 4 is 21.5 Å². The molecule has 6 rings (SSSR count). The Morgan fingerprint density at radius 2 is 0.938 bits per heavy atom. The van der Waals surface area contributed by atoms with Crippen molar-refractivity contribution in [3.63, 3.8) is 0 Å². The molecule has 6 aromatic rings. The van der Waals surface area contributed by atoms with Crippen molar-refractivity contribution in [2.24, 2.45) is 0 Å². The number of pyridine rings is 2. The summed E-state index contributed by atoms with van der Waals surface area (Å²) in [5, 5.41) is 4.84. The highest BCUT2D eigenvalue weighted by molar-refractivity contribution is 5.99. The number of benzene rings is 4. The van der Waals surface area contributed by atoms with Gasteiger partial charge in [-0.1, -0.05) is 84.9 Å². The molecule has 0 saturated heterocycles. The van der Waals surface area contributed by atoms with E-state index in [1.165, 1.54) is 21.5 Å². The Bertz CT molecular complexity index is 1460. The van der Waals surface area contributed by atoms with Crippen LogP contribution in [0.2, 0.25) is 0 Å². The lowest BCUT2D eigenvalue weighted by atomic mass is 9.96. The normalized spacial score (nSPS) is 11.1. The summed E-state index contributed by atoms with van der Waals surface area (Å²) in [7, 11) is 0. The largest absolute Gasteiger partial charge is 0.265 e. The minimum absolute atomic E-state index is 0.971. The fraction of sp³-hybridized carbons (Fsp3) is 0. The molecule has 0 saturated carbocycles. The van der Waals surface area contributed by atoms with Crippen LogP contribution < -0.4 is 0 Å². The molecule has 0 N–H and O–H groups in total. The second-order valence-electron chi connectivity index (χ2n) is 7.92. The lowest BCUT2D eigenvalue weighted by Crippen LogP contribution is -1.93. The first-order chi connectivity index (χ1) is 15.9. The highest BCUT2D eigenvalue weighted by Crippen LogP contribution is 2.35. The topological polar surface area (TPSA) is 25.8 Å². The standard InChI is InChI=1S/C30H20N2/c1-3-11-25-22(7-1)9-5-13-27(25)29-19-24(21-15-17-31-18-16-21)20-30(32-29)28-14-6-10-23-8-2-4-12-26(23)28/h1-20H. The van der Waals surface area contributed by atoms with Gasteiger partial charge in [0.1, 0.15) is 0 Å². The van der Waals surface area contributed by atoms with Crippen LogP contribution in [0.25, 0.3) is 55.2 Å². The Labute approximate surface area is 186 Å². The summed E-state index contributed by atoms with van der Waals surface area (Å²) in [5.41, 5.74) is 6.48. The molecule has 0 aliphatic carbocycles. The average Bonchev–Trinajstić information content (AvgIpc) is 2.88. The maximum atomic E-state index is 5.18. The van der Waals surface area contributed by atoms with Gasteiger partial charge in [-0.15, -0.1) is 0 Å². The molecular formula is C30H20N2. The quantitative estimate of drug-likeness (QED) is 0.299. The monoisotopic (exact) mass is 408 g/mol. The van der Waals surface area contributed by atoms with E-state index in [-0.39, 0.29) is 0 Å². The van der Waals surface area contributed by atoms with Crippen LogP contribution in [0.5, 0.6) is 0 Å². The van der Waals surface area contributed by atoms with Crippen LogP contribution in [-0.4, -0.2) is 9.97 Å². The van der Waals surface area contributed by atoms with Crippen molar-refractivity contribution in [1.82, 2.24) is 9.97 Å². The minimum atomic E-state index is 0.971. The summed E-state index contributed by atoms with van der Waals surface area (Å²) in [6.45, 7) is 0. The average molecular weight is 409 g/mol. The summed E-state index contributed by atoms with van der Waals surface area (Å²) in [4.78, 5) is 9.38. The molecule has 0 bridgehead atoms. The van der Waals surface area contributed by atoms with Crippen molar-refractivity contribution in [2.75, 3.05) is 0 Å². The van der Waals surface area contributed by atoms with Gasteiger partial charge >= 0.3 is 0 Å². The summed E-state index contributed by atoms with van der Waals surface area (Å²) < 4.78 is 0. The summed E-state index contributed by atoms with van der Waals surface area (Å²) in [6, 6.07) is 38.3. The van der Waals surface area contributed by atoms with Gasteiger partial charge in [-0.25, -0.2) is 4.98 Å². The van der Waals surface area contributed by atoms with E-state index in [1.807, 2.05) is 12.4 Å². The summed E-state index contributed by atoms with van der Waals surface area (Å²) in [5.74, 6) is 0. The molecule has 2 aromatic heterocycles. The zero-order valence-corrected chi connectivity index (χ0v) is 17.4. The predicted octanol–water partition coefficient (Wildman–Crippen LogP) is 7.78. The smallest absolute Gasteiger partial charge is 0.0721 e. The van der Waals surface area contributed by atoms with Crippen LogP contribution in [0.1, 0.15) is 0 Å². The van der Waals surface area contributed by atoms with E-state index in [2.05, 4.69) is 114 Å². The summed E-state index contributed by atoms with van der Waals surface area (Å²) >= 11 is 0. The third-order valence-electron chi connectivity index (χ3n) is 5.97. The molecule has 32 heavy (non-hydrogen) atoms. The van der Waals surface area contributed by atoms with Gasteiger partial charge in [-0.2, -0.15) is 0 Å². The molecule has 0 aliphatic heterocycles. The Balaban J connectivity index is 1.65. The van der Waals surface area contributed by atoms with Crippen LogP contribution in [0.15, 0.2) is 122 Å². The maximum Gasteiger partial charge on any atom is 0.0721 e. The third-order valence-corrected chi connectivity index (χ3v) is 5.97. The van der Waals surface area contributed by atoms with E-state index in [1.54, 1.807) is 0 Å². The summed E-state index contributed by atoms with van der Waals surface area (Å²) in [6.07, 6.45) is 3.68. The van der Waals surface area contributed by atoms with E-state index >= 15 is 0 Å². The molecule has 0 radical (unpaired) electrons. The Kier molecular flexibility index (Phi) is 4.47. The molecule has 2 heteroatoms. The molecule has 2 nitrogen and oxygen atoms in total. The van der Waals surface area contributed by atoms with Gasteiger partial charge in [0, 0.05) is 23.5 Å². The number of rotatable bonds is 3. The van der Waals surface area contributed by atoms with Crippen molar-refractivity contribution in [3.8, 4) is 33.6 Å². The zero-order valence-electron chi connectivity index (χ0n) is 17.4. The molecule has 0 atom stereocenters. The first-order valence-corrected chi connectivity index (χ1v) is 10.8. The first-order valence-electron chi connectivity index (χ1n) is 10.8. The van der Waals surface area contributed by atoms with Gasteiger partial charge < -0.3 is 0 Å². The van der Waals surface area contributed by atoms with E-state index in [4.69, 9.17) is 4.98 Å². The van der Waals surface area contributed by atoms with Crippen LogP contribution >= 0.6 is 0 Å². The second-order valence-corrected chi connectivity index (χ2v) is 7.92. The van der Waals surface area contributed by atoms with Gasteiger partial charge in [0.15, 0.2) is 0 Å². The van der Waals surface area contributed by atoms with Gasteiger partial charge in [0.2, 0.25) is 0 Å². The lowest BCUT2D eigenvalue weighted by Gasteiger charge is -2.13. The van der Waals surface area contributed by atoms with Crippen LogP contribution in [0.4, 0.5) is 0 Å². The number of aromatic nitrogens is 2. The SMILES string of the molecule is c1ccc2c(-c3cc(-c4ccncc4)cc(-c4cccc5ccccc45)n3)cccc2c1. The second kappa shape index (κ2) is 7.75. The van der Waals surface area contributed by atoms with Gasteiger partial charge in [0.05, 0.1) is 11.4 Å². The van der Waals surface area contributed by atoms with Crippen molar-refractivity contribution in [2.45, 2.75) is 0 Å². The zero-order chi connectivity index (χ0) is 21.3. The fourth-order valence-electron chi connectivity index (χ4n) is 4.42. The molecule has 0 fully saturated rings. The Hall–Kier alpha value is -4.30.